The molecule has 6 rings (SSSR count). The lowest BCUT2D eigenvalue weighted by Gasteiger charge is -2.33. The molecule has 2 aromatic rings. The molecule has 56 heavy (non-hydrogen) atoms. The smallest absolute Gasteiger partial charge is 0.427 e. The number of halogens is 3. The van der Waals surface area contributed by atoms with E-state index in [9.17, 15) is 40.8 Å². The molecule has 4 amide bonds. The number of rotatable bonds is 8. The third-order valence-corrected chi connectivity index (χ3v) is 12.8. The summed E-state index contributed by atoms with van der Waals surface area (Å²) in [7, 11) is -2.47. The highest BCUT2D eigenvalue weighted by molar-refractivity contribution is 7.91. The Labute approximate surface area is 322 Å². The number of fused-ring (bicyclic) bond motifs is 3. The van der Waals surface area contributed by atoms with Gasteiger partial charge in [-0.05, 0) is 69.9 Å². The maximum Gasteiger partial charge on any atom is 0.427 e. The van der Waals surface area contributed by atoms with Crippen LogP contribution in [-0.2, 0) is 29.1 Å². The summed E-state index contributed by atoms with van der Waals surface area (Å²) in [6.07, 6.45) is 0.121. The van der Waals surface area contributed by atoms with Crippen molar-refractivity contribution in [2.75, 3.05) is 13.7 Å². The number of hydrogen-bond acceptors (Lipinski definition) is 11. The van der Waals surface area contributed by atoms with Crippen molar-refractivity contribution in [3.8, 4) is 11.6 Å². The van der Waals surface area contributed by atoms with Gasteiger partial charge in [-0.1, -0.05) is 32.4 Å². The Bertz CT molecular complexity index is 2010. The van der Waals surface area contributed by atoms with E-state index in [1.807, 2.05) is 13.0 Å². The molecule has 7 unspecified atom stereocenters. The van der Waals surface area contributed by atoms with Crippen LogP contribution in [0.25, 0.3) is 11.0 Å². The van der Waals surface area contributed by atoms with Crippen molar-refractivity contribution in [3.05, 3.63) is 36.5 Å². The number of hydrogen-bond donors (Lipinski definition) is 3. The number of alkyl halides is 3. The summed E-state index contributed by atoms with van der Waals surface area (Å²) >= 11 is 0. The van der Waals surface area contributed by atoms with E-state index in [4.69, 9.17) is 14.2 Å². The van der Waals surface area contributed by atoms with Crippen molar-refractivity contribution < 1.29 is 55.0 Å². The van der Waals surface area contributed by atoms with E-state index in [0.29, 0.717) is 62.7 Å². The number of allylic oxidation sites excluding steroid dienone is 1. The maximum absolute atomic E-state index is 14.6. The lowest BCUT2D eigenvalue weighted by atomic mass is 9.92. The molecular weight excluding hydrogens is 762 g/mol. The number of carbonyl (C=O) groups is 4. The summed E-state index contributed by atoms with van der Waals surface area (Å²) in [4.78, 5) is 65.8. The van der Waals surface area contributed by atoms with Gasteiger partial charge in [0.2, 0.25) is 33.3 Å². The van der Waals surface area contributed by atoms with Gasteiger partial charge in [-0.25, -0.2) is 23.2 Å². The first-order valence-electron chi connectivity index (χ1n) is 18.6. The molecule has 4 aliphatic rings. The van der Waals surface area contributed by atoms with E-state index < -0.39 is 86.4 Å². The third-order valence-electron chi connectivity index (χ3n) is 11.0. The summed E-state index contributed by atoms with van der Waals surface area (Å²) in [5, 5.41) is 4.42. The molecule has 3 fully saturated rings. The van der Waals surface area contributed by atoms with Crippen LogP contribution in [0, 0.1) is 17.8 Å². The Hall–Kier alpha value is -4.68. The molecule has 2 saturated carbocycles. The first kappa shape index (κ1) is 41.0. The van der Waals surface area contributed by atoms with E-state index in [0.717, 1.165) is 4.90 Å². The van der Waals surface area contributed by atoms with E-state index >= 15 is 0 Å². The number of amides is 4. The van der Waals surface area contributed by atoms with Crippen molar-refractivity contribution in [2.45, 2.75) is 113 Å². The molecule has 1 aromatic carbocycles. The van der Waals surface area contributed by atoms with E-state index in [1.54, 1.807) is 31.2 Å². The van der Waals surface area contributed by atoms with Crippen molar-refractivity contribution in [2.24, 2.45) is 17.8 Å². The Morgan fingerprint density at radius 1 is 1.05 bits per heavy atom. The molecular formula is C37H47F3N6O9S. The largest absolute Gasteiger partial charge is 0.497 e. The molecule has 3 heterocycles. The van der Waals surface area contributed by atoms with Gasteiger partial charge in [0, 0.05) is 18.4 Å². The van der Waals surface area contributed by atoms with E-state index in [-0.39, 0.29) is 31.2 Å². The summed E-state index contributed by atoms with van der Waals surface area (Å²) in [6.45, 7) is 4.76. The molecule has 2 aliphatic carbocycles. The maximum atomic E-state index is 14.6. The number of sulfonamides is 1. The van der Waals surface area contributed by atoms with Gasteiger partial charge in [0.05, 0.1) is 36.1 Å². The van der Waals surface area contributed by atoms with Gasteiger partial charge in [-0.2, -0.15) is 13.2 Å². The second kappa shape index (κ2) is 15.3. The van der Waals surface area contributed by atoms with Gasteiger partial charge in [0.1, 0.15) is 29.5 Å². The highest BCUT2D eigenvalue weighted by Gasteiger charge is 2.62. The van der Waals surface area contributed by atoms with Crippen molar-refractivity contribution in [3.63, 3.8) is 0 Å². The number of carbonyl (C=O) groups excluding carboxylic acids is 4. The number of nitrogens with zero attached hydrogens (tertiary/aromatic N) is 3. The average molecular weight is 809 g/mol. The number of nitrogens with one attached hydrogen (secondary N) is 3. The van der Waals surface area contributed by atoms with Gasteiger partial charge in [-0.15, -0.1) is 0 Å². The van der Waals surface area contributed by atoms with Crippen molar-refractivity contribution in [1.29, 1.82) is 0 Å². The van der Waals surface area contributed by atoms with Crippen LogP contribution in [0.3, 0.4) is 0 Å². The zero-order valence-corrected chi connectivity index (χ0v) is 32.5. The molecule has 306 valence electrons. The molecule has 1 aromatic heterocycles. The van der Waals surface area contributed by atoms with Crippen LogP contribution in [0.15, 0.2) is 36.5 Å². The van der Waals surface area contributed by atoms with Crippen LogP contribution in [0.2, 0.25) is 0 Å². The molecule has 7 atom stereocenters. The lowest BCUT2D eigenvalue weighted by molar-refractivity contribution is -0.244. The Morgan fingerprint density at radius 2 is 1.79 bits per heavy atom. The highest BCUT2D eigenvalue weighted by Crippen LogP contribution is 2.46. The normalized spacial score (nSPS) is 28.9. The predicted octanol–water partition coefficient (Wildman–Crippen LogP) is 3.92. The number of aromatic nitrogens is 2. The minimum absolute atomic E-state index is 0.0273. The monoisotopic (exact) mass is 808 g/mol. The zero-order valence-electron chi connectivity index (χ0n) is 31.7. The summed E-state index contributed by atoms with van der Waals surface area (Å²) in [5.41, 5.74) is -3.52. The average Bonchev–Trinajstić information content (AvgIpc) is 4.05. The fraction of sp³-hybridized carbons (Fsp3) is 0.622. The highest BCUT2D eigenvalue weighted by atomic mass is 32.2. The standard InChI is InChI=1S/C37H47F3N6O9S/c1-20-7-6-8-21(2)30(43-34(50)55-35(3,4)37(38,39)40)32(48)46-19-24(54-29-18-41-27-15-23(53-5)11-14-26(27)42-29)16-28(46)31(47)44-36(17-22(36)10-9-20)33(49)45-56(51,52)25-12-13-25/h9-11,14-15,18,20-22,24-25,28,30H,6-8,12-13,16-17,19H2,1-5H3,(H,43,50)(H,44,47)(H,45,49). The van der Waals surface area contributed by atoms with Crippen LogP contribution in [0.5, 0.6) is 11.6 Å². The molecule has 2 aliphatic heterocycles. The number of alkyl carbamates (subject to hydrolysis) is 1. The first-order chi connectivity index (χ1) is 26.2. The zero-order chi connectivity index (χ0) is 40.8. The molecule has 19 heteroatoms. The second-order valence-electron chi connectivity index (χ2n) is 15.8. The summed E-state index contributed by atoms with van der Waals surface area (Å²) < 4.78 is 85.0. The summed E-state index contributed by atoms with van der Waals surface area (Å²) in [6, 6.07) is 2.30. The van der Waals surface area contributed by atoms with Crippen LogP contribution < -0.4 is 24.8 Å². The minimum Gasteiger partial charge on any atom is -0.497 e. The molecule has 15 nitrogen and oxygen atoms in total. The van der Waals surface area contributed by atoms with Gasteiger partial charge in [-0.3, -0.25) is 19.1 Å². The topological polar surface area (TPSA) is 195 Å². The first-order valence-corrected chi connectivity index (χ1v) is 20.2. The lowest BCUT2D eigenvalue weighted by Crippen LogP contribution is -2.59. The fourth-order valence-electron chi connectivity index (χ4n) is 7.09. The predicted molar refractivity (Wildman–Crippen MR) is 195 cm³/mol. The Kier molecular flexibility index (Phi) is 11.2. The third kappa shape index (κ3) is 8.81. The molecule has 3 N–H and O–H groups in total. The van der Waals surface area contributed by atoms with E-state index in [1.165, 1.54) is 13.3 Å². The van der Waals surface area contributed by atoms with Gasteiger partial charge in [0.25, 0.3) is 5.91 Å². The van der Waals surface area contributed by atoms with Crippen LogP contribution in [-0.4, -0.2) is 102 Å². The van der Waals surface area contributed by atoms with Crippen molar-refractivity contribution in [1.82, 2.24) is 30.2 Å². The SMILES string of the molecule is COc1ccc2nc(OC3CC4C(=O)NC5(C(=O)NS(=O)(=O)C6CC6)CC5C=CC(C)CCCC(C)C(NC(=O)OC(C)(C)C(F)(F)F)C(=O)N4C3)cnc2c1. The quantitative estimate of drug-likeness (QED) is 0.327. The molecule has 0 spiro atoms. The molecule has 1 saturated heterocycles. The molecule has 0 radical (unpaired) electrons. The number of methoxy groups -OCH3 is 1. The van der Waals surface area contributed by atoms with Gasteiger partial charge in [0.15, 0.2) is 0 Å². The van der Waals surface area contributed by atoms with Crippen LogP contribution in [0.1, 0.15) is 72.6 Å². The van der Waals surface area contributed by atoms with Gasteiger partial charge >= 0.3 is 12.3 Å². The van der Waals surface area contributed by atoms with Crippen molar-refractivity contribution >= 4 is 44.9 Å². The number of benzene rings is 1. The Morgan fingerprint density at radius 3 is 2.46 bits per heavy atom. The van der Waals surface area contributed by atoms with Crippen LogP contribution in [0.4, 0.5) is 18.0 Å². The minimum atomic E-state index is -4.91. The number of ether oxygens (including phenoxy) is 3. The second-order valence-corrected chi connectivity index (χ2v) is 17.7. The fourth-order valence-corrected chi connectivity index (χ4v) is 8.45. The van der Waals surface area contributed by atoms with E-state index in [2.05, 4.69) is 25.3 Å². The molecule has 0 bridgehead atoms. The summed E-state index contributed by atoms with van der Waals surface area (Å²) in [5.74, 6) is -3.02. The van der Waals surface area contributed by atoms with Gasteiger partial charge < -0.3 is 29.7 Å². The Balaban J connectivity index is 1.32. The van der Waals surface area contributed by atoms with Crippen LogP contribution >= 0.6 is 0 Å².